The fourth-order valence-corrected chi connectivity index (χ4v) is 1.88. The summed E-state index contributed by atoms with van der Waals surface area (Å²) in [7, 11) is 0. The van der Waals surface area contributed by atoms with Gasteiger partial charge in [0.05, 0.1) is 0 Å². The maximum absolute atomic E-state index is 13.6. The van der Waals surface area contributed by atoms with Gasteiger partial charge >= 0.3 is 0 Å². The lowest BCUT2D eigenvalue weighted by Crippen LogP contribution is -2.00. The molecular formula is C15H15F2N. The molecule has 0 aromatic heterocycles. The van der Waals surface area contributed by atoms with E-state index in [2.05, 4.69) is 0 Å². The smallest absolute Gasteiger partial charge is 0.133 e. The molecule has 1 nitrogen and oxygen atoms in total. The van der Waals surface area contributed by atoms with Crippen LogP contribution < -0.4 is 5.73 Å². The van der Waals surface area contributed by atoms with E-state index in [1.165, 1.54) is 17.7 Å². The van der Waals surface area contributed by atoms with Crippen molar-refractivity contribution in [3.63, 3.8) is 0 Å². The molecule has 0 aliphatic rings. The maximum Gasteiger partial charge on any atom is 0.133 e. The number of aryl methyl sites for hydroxylation is 1. The van der Waals surface area contributed by atoms with E-state index in [1.807, 2.05) is 24.3 Å². The first-order valence-corrected chi connectivity index (χ1v) is 5.95. The summed E-state index contributed by atoms with van der Waals surface area (Å²) in [5.74, 6) is -1.10. The van der Waals surface area contributed by atoms with Crippen molar-refractivity contribution in [2.45, 2.75) is 12.8 Å². The Morgan fingerprint density at radius 3 is 2.28 bits per heavy atom. The van der Waals surface area contributed by atoms with Gasteiger partial charge in [0.2, 0.25) is 0 Å². The molecule has 0 unspecified atom stereocenters. The minimum absolute atomic E-state index is 0.418. The van der Waals surface area contributed by atoms with Crippen molar-refractivity contribution in [3.8, 4) is 11.1 Å². The minimum Gasteiger partial charge on any atom is -0.330 e. The summed E-state index contributed by atoms with van der Waals surface area (Å²) in [6.07, 6.45) is 1.85. The van der Waals surface area contributed by atoms with Crippen molar-refractivity contribution in [1.82, 2.24) is 0 Å². The Balaban J connectivity index is 2.23. The molecule has 0 radical (unpaired) electrons. The third kappa shape index (κ3) is 2.93. The molecule has 0 amide bonds. The highest BCUT2D eigenvalue weighted by Gasteiger charge is 2.06. The second-order valence-electron chi connectivity index (χ2n) is 4.21. The van der Waals surface area contributed by atoms with E-state index in [-0.39, 0.29) is 0 Å². The van der Waals surface area contributed by atoms with Gasteiger partial charge in [0.15, 0.2) is 0 Å². The van der Waals surface area contributed by atoms with Crippen molar-refractivity contribution >= 4 is 0 Å². The second-order valence-corrected chi connectivity index (χ2v) is 4.21. The van der Waals surface area contributed by atoms with Crippen LogP contribution in [0.1, 0.15) is 12.0 Å². The van der Waals surface area contributed by atoms with Gasteiger partial charge in [-0.25, -0.2) is 8.78 Å². The van der Waals surface area contributed by atoms with E-state index >= 15 is 0 Å². The van der Waals surface area contributed by atoms with Gasteiger partial charge in [-0.1, -0.05) is 24.3 Å². The number of hydrogen-bond acceptors (Lipinski definition) is 1. The molecule has 0 aliphatic carbocycles. The summed E-state index contributed by atoms with van der Waals surface area (Å²) in [5, 5.41) is 0. The lowest BCUT2D eigenvalue weighted by atomic mass is 10.0. The Morgan fingerprint density at radius 1 is 0.944 bits per heavy atom. The van der Waals surface area contributed by atoms with Gasteiger partial charge in [0.25, 0.3) is 0 Å². The van der Waals surface area contributed by atoms with Crippen molar-refractivity contribution in [2.24, 2.45) is 5.73 Å². The Hall–Kier alpha value is -1.74. The van der Waals surface area contributed by atoms with Crippen LogP contribution in [0.25, 0.3) is 11.1 Å². The maximum atomic E-state index is 13.6. The number of benzene rings is 2. The van der Waals surface area contributed by atoms with Gasteiger partial charge in [-0.3, -0.25) is 0 Å². The molecule has 0 spiro atoms. The zero-order valence-corrected chi connectivity index (χ0v) is 10.00. The lowest BCUT2D eigenvalue weighted by Gasteiger charge is -2.05. The van der Waals surface area contributed by atoms with E-state index in [4.69, 9.17) is 5.73 Å². The molecular weight excluding hydrogens is 232 g/mol. The van der Waals surface area contributed by atoms with Gasteiger partial charge in [-0.2, -0.15) is 0 Å². The average Bonchev–Trinajstić information content (AvgIpc) is 2.37. The predicted octanol–water partition coefficient (Wildman–Crippen LogP) is 3.52. The molecule has 94 valence electrons. The minimum atomic E-state index is -0.559. The Bertz CT molecular complexity index is 521. The van der Waals surface area contributed by atoms with E-state index in [0.29, 0.717) is 12.1 Å². The summed E-state index contributed by atoms with van der Waals surface area (Å²) >= 11 is 0. The topological polar surface area (TPSA) is 26.0 Å². The summed E-state index contributed by atoms with van der Waals surface area (Å²) in [4.78, 5) is 0. The molecule has 0 fully saturated rings. The number of halogens is 2. The lowest BCUT2D eigenvalue weighted by molar-refractivity contribution is 0.585. The molecule has 0 saturated carbocycles. The molecule has 2 rings (SSSR count). The van der Waals surface area contributed by atoms with Crippen LogP contribution in [-0.2, 0) is 6.42 Å². The Labute approximate surface area is 105 Å². The summed E-state index contributed by atoms with van der Waals surface area (Å²) in [5.41, 5.74) is 7.79. The molecule has 2 aromatic carbocycles. The summed E-state index contributed by atoms with van der Waals surface area (Å²) in [6.45, 7) is 0.661. The van der Waals surface area contributed by atoms with Gasteiger partial charge in [0, 0.05) is 11.6 Å². The van der Waals surface area contributed by atoms with E-state index in [1.54, 1.807) is 0 Å². The highest BCUT2D eigenvalue weighted by Crippen LogP contribution is 2.23. The van der Waals surface area contributed by atoms with E-state index in [0.717, 1.165) is 24.5 Å². The standard InChI is InChI=1S/C15H15F2N/c16-13-7-8-14(15(17)10-13)12-5-3-11(4-6-12)2-1-9-18/h3-8,10H,1-2,9,18H2. The van der Waals surface area contributed by atoms with Crippen LogP contribution in [0.2, 0.25) is 0 Å². The molecule has 18 heavy (non-hydrogen) atoms. The molecule has 0 saturated heterocycles. The summed E-state index contributed by atoms with van der Waals surface area (Å²) in [6, 6.07) is 11.2. The van der Waals surface area contributed by atoms with Crippen molar-refractivity contribution in [2.75, 3.05) is 6.54 Å². The molecule has 0 bridgehead atoms. The first kappa shape index (κ1) is 12.7. The molecule has 0 heterocycles. The molecule has 0 aliphatic heterocycles. The normalized spacial score (nSPS) is 10.6. The van der Waals surface area contributed by atoms with Crippen LogP contribution in [0.4, 0.5) is 8.78 Å². The van der Waals surface area contributed by atoms with Crippen molar-refractivity contribution < 1.29 is 8.78 Å². The van der Waals surface area contributed by atoms with Crippen LogP contribution in [-0.4, -0.2) is 6.54 Å². The van der Waals surface area contributed by atoms with E-state index in [9.17, 15) is 8.78 Å². The zero-order chi connectivity index (χ0) is 13.0. The van der Waals surface area contributed by atoms with Gasteiger partial charge in [0.1, 0.15) is 11.6 Å². The quantitative estimate of drug-likeness (QED) is 0.878. The first-order chi connectivity index (χ1) is 8.70. The van der Waals surface area contributed by atoms with E-state index < -0.39 is 11.6 Å². The largest absolute Gasteiger partial charge is 0.330 e. The number of rotatable bonds is 4. The highest BCUT2D eigenvalue weighted by molar-refractivity contribution is 5.64. The number of hydrogen-bond donors (Lipinski definition) is 1. The third-order valence-electron chi connectivity index (χ3n) is 2.87. The predicted molar refractivity (Wildman–Crippen MR) is 69.2 cm³/mol. The second kappa shape index (κ2) is 5.74. The van der Waals surface area contributed by atoms with Gasteiger partial charge in [-0.05, 0) is 42.6 Å². The van der Waals surface area contributed by atoms with Crippen molar-refractivity contribution in [1.29, 1.82) is 0 Å². The molecule has 3 heteroatoms. The fourth-order valence-electron chi connectivity index (χ4n) is 1.88. The van der Waals surface area contributed by atoms with Crippen LogP contribution in [0.15, 0.2) is 42.5 Å². The molecule has 2 N–H and O–H groups in total. The Kier molecular flexibility index (Phi) is 4.05. The van der Waals surface area contributed by atoms with Gasteiger partial charge < -0.3 is 5.73 Å². The van der Waals surface area contributed by atoms with Crippen LogP contribution in [0.3, 0.4) is 0 Å². The van der Waals surface area contributed by atoms with Gasteiger partial charge in [-0.15, -0.1) is 0 Å². The SMILES string of the molecule is NCCCc1ccc(-c2ccc(F)cc2F)cc1. The summed E-state index contributed by atoms with van der Waals surface area (Å²) < 4.78 is 26.4. The molecule has 2 aromatic rings. The highest BCUT2D eigenvalue weighted by atomic mass is 19.1. The molecule has 0 atom stereocenters. The van der Waals surface area contributed by atoms with Crippen LogP contribution >= 0.6 is 0 Å². The Morgan fingerprint density at radius 2 is 1.67 bits per heavy atom. The monoisotopic (exact) mass is 247 g/mol. The van der Waals surface area contributed by atoms with Crippen LogP contribution in [0, 0.1) is 11.6 Å². The van der Waals surface area contributed by atoms with Crippen LogP contribution in [0.5, 0.6) is 0 Å². The van der Waals surface area contributed by atoms with Crippen molar-refractivity contribution in [3.05, 3.63) is 59.7 Å². The first-order valence-electron chi connectivity index (χ1n) is 5.95. The average molecular weight is 247 g/mol. The number of nitrogens with two attached hydrogens (primary N) is 1. The fraction of sp³-hybridized carbons (Fsp3) is 0.200. The third-order valence-corrected chi connectivity index (χ3v) is 2.87. The zero-order valence-electron chi connectivity index (χ0n) is 10.00.